The number of aryl methyl sites for hydroxylation is 1. The van der Waals surface area contributed by atoms with Gasteiger partial charge in [0.05, 0.1) is 0 Å². The lowest BCUT2D eigenvalue weighted by Crippen LogP contribution is -2.02. The first kappa shape index (κ1) is 21.4. The van der Waals surface area contributed by atoms with Gasteiger partial charge in [-0.25, -0.2) is 4.39 Å². The number of anilines is 2. The Labute approximate surface area is 185 Å². The van der Waals surface area contributed by atoms with E-state index < -0.39 is 0 Å². The van der Waals surface area contributed by atoms with Crippen LogP contribution in [0, 0.1) is 18.7 Å². The number of nitrogens with one attached hydrogen (secondary N) is 2. The van der Waals surface area contributed by atoms with Crippen LogP contribution in [0.1, 0.15) is 44.6 Å². The summed E-state index contributed by atoms with van der Waals surface area (Å²) in [7, 11) is 0. The monoisotopic (exact) mass is 416 g/mol. The lowest BCUT2D eigenvalue weighted by molar-refractivity contribution is 0.631. The molecule has 31 heavy (non-hydrogen) atoms. The fourth-order valence-electron chi connectivity index (χ4n) is 3.94. The maximum absolute atomic E-state index is 15.1. The fraction of sp³-hybridized carbons (Fsp3) is 0.357. The summed E-state index contributed by atoms with van der Waals surface area (Å²) in [6, 6.07) is 20.1. The van der Waals surface area contributed by atoms with Crippen LogP contribution in [0.3, 0.4) is 0 Å². The Kier molecular flexibility index (Phi) is 6.91. The maximum Gasteiger partial charge on any atom is 0.131 e. The Morgan fingerprint density at radius 3 is 2.03 bits per heavy atom. The largest absolute Gasteiger partial charge is 0.385 e. The van der Waals surface area contributed by atoms with Gasteiger partial charge in [-0.1, -0.05) is 44.0 Å². The first-order valence-electron chi connectivity index (χ1n) is 11.6. The Morgan fingerprint density at radius 2 is 1.42 bits per heavy atom. The molecule has 3 aromatic carbocycles. The van der Waals surface area contributed by atoms with Crippen molar-refractivity contribution in [3.05, 3.63) is 72.0 Å². The molecule has 0 radical (unpaired) electrons. The zero-order chi connectivity index (χ0) is 21.6. The molecule has 1 saturated carbocycles. The van der Waals surface area contributed by atoms with E-state index in [1.165, 1.54) is 32.1 Å². The third kappa shape index (κ3) is 5.66. The first-order valence-corrected chi connectivity index (χ1v) is 11.6. The van der Waals surface area contributed by atoms with Gasteiger partial charge in [-0.05, 0) is 90.8 Å². The van der Waals surface area contributed by atoms with Crippen molar-refractivity contribution in [2.75, 3.05) is 23.7 Å². The normalized spacial score (nSPS) is 13.3. The zero-order valence-corrected chi connectivity index (χ0v) is 18.7. The quantitative estimate of drug-likeness (QED) is 0.328. The van der Waals surface area contributed by atoms with E-state index >= 15 is 4.39 Å². The molecular formula is C28H33FN2. The van der Waals surface area contributed by atoms with Crippen molar-refractivity contribution in [1.82, 2.24) is 0 Å². The number of rotatable bonds is 10. The van der Waals surface area contributed by atoms with E-state index in [9.17, 15) is 0 Å². The molecule has 1 aliphatic rings. The topological polar surface area (TPSA) is 24.1 Å². The lowest BCUT2D eigenvalue weighted by atomic mass is 9.95. The summed E-state index contributed by atoms with van der Waals surface area (Å²) < 4.78 is 15.1. The van der Waals surface area contributed by atoms with Crippen LogP contribution in [-0.4, -0.2) is 13.1 Å². The molecule has 0 unspecified atom stereocenters. The molecule has 0 aromatic heterocycles. The predicted molar refractivity (Wildman–Crippen MR) is 131 cm³/mol. The molecule has 0 aliphatic heterocycles. The van der Waals surface area contributed by atoms with Gasteiger partial charge in [0.15, 0.2) is 0 Å². The highest BCUT2D eigenvalue weighted by Gasteiger charge is 2.20. The Hall–Kier alpha value is -2.81. The van der Waals surface area contributed by atoms with E-state index in [0.717, 1.165) is 52.6 Å². The van der Waals surface area contributed by atoms with Crippen LogP contribution >= 0.6 is 0 Å². The molecule has 0 bridgehead atoms. The fourth-order valence-corrected chi connectivity index (χ4v) is 3.94. The highest BCUT2D eigenvalue weighted by atomic mass is 19.1. The van der Waals surface area contributed by atoms with Crippen LogP contribution < -0.4 is 10.6 Å². The van der Waals surface area contributed by atoms with E-state index in [1.807, 2.05) is 30.3 Å². The van der Waals surface area contributed by atoms with Crippen molar-refractivity contribution in [3.8, 4) is 22.3 Å². The van der Waals surface area contributed by atoms with Crippen LogP contribution in [0.2, 0.25) is 0 Å². The second kappa shape index (κ2) is 10.00. The second-order valence-corrected chi connectivity index (χ2v) is 8.76. The van der Waals surface area contributed by atoms with Gasteiger partial charge < -0.3 is 10.6 Å². The molecule has 0 atom stereocenters. The third-order valence-corrected chi connectivity index (χ3v) is 6.11. The molecule has 0 amide bonds. The van der Waals surface area contributed by atoms with Gasteiger partial charge in [-0.3, -0.25) is 0 Å². The summed E-state index contributed by atoms with van der Waals surface area (Å²) in [6.45, 7) is 6.29. The number of unbranched alkanes of at least 4 members (excludes halogenated alkanes) is 2. The second-order valence-electron chi connectivity index (χ2n) is 8.76. The van der Waals surface area contributed by atoms with E-state index in [1.54, 1.807) is 6.07 Å². The lowest BCUT2D eigenvalue weighted by Gasteiger charge is -2.13. The van der Waals surface area contributed by atoms with Crippen LogP contribution in [0.4, 0.5) is 15.8 Å². The van der Waals surface area contributed by atoms with Gasteiger partial charge in [-0.15, -0.1) is 0 Å². The average molecular weight is 417 g/mol. The number of hydrogen-bond acceptors (Lipinski definition) is 2. The van der Waals surface area contributed by atoms with Gasteiger partial charge in [0.2, 0.25) is 0 Å². The first-order chi connectivity index (χ1) is 15.1. The van der Waals surface area contributed by atoms with E-state index in [4.69, 9.17) is 0 Å². The Morgan fingerprint density at radius 1 is 0.806 bits per heavy atom. The molecule has 2 nitrogen and oxygen atoms in total. The van der Waals surface area contributed by atoms with Gasteiger partial charge in [0.1, 0.15) is 5.82 Å². The molecule has 1 aliphatic carbocycles. The van der Waals surface area contributed by atoms with Gasteiger partial charge in [-0.2, -0.15) is 0 Å². The van der Waals surface area contributed by atoms with E-state index in [-0.39, 0.29) is 5.82 Å². The average Bonchev–Trinajstić information content (AvgIpc) is 3.62. The zero-order valence-electron chi connectivity index (χ0n) is 18.7. The summed E-state index contributed by atoms with van der Waals surface area (Å²) in [5.41, 5.74) is 6.86. The predicted octanol–water partition coefficient (Wildman–Crippen LogP) is 7.89. The standard InChI is InChI=1S/C28H33FN2/c1-3-4-5-16-30-24-12-10-23(11-13-24)27-17-20(2)26(18-28(27)29)22-8-14-25(15-9-22)31-19-21-6-7-21/h8-15,17-18,21,30-31H,3-7,16,19H2,1-2H3. The summed E-state index contributed by atoms with van der Waals surface area (Å²) >= 11 is 0. The van der Waals surface area contributed by atoms with Gasteiger partial charge in [0, 0.05) is 30.0 Å². The van der Waals surface area contributed by atoms with Crippen LogP contribution in [0.5, 0.6) is 0 Å². The van der Waals surface area contributed by atoms with E-state index in [2.05, 4.69) is 48.7 Å². The Balaban J connectivity index is 1.46. The minimum Gasteiger partial charge on any atom is -0.385 e. The molecule has 3 aromatic rings. The molecule has 0 heterocycles. The summed E-state index contributed by atoms with van der Waals surface area (Å²) in [5.74, 6) is 0.662. The van der Waals surface area contributed by atoms with Gasteiger partial charge >= 0.3 is 0 Å². The smallest absolute Gasteiger partial charge is 0.131 e. The number of benzene rings is 3. The van der Waals surface area contributed by atoms with Crippen LogP contribution in [0.15, 0.2) is 60.7 Å². The van der Waals surface area contributed by atoms with Crippen molar-refractivity contribution in [3.63, 3.8) is 0 Å². The molecule has 2 N–H and O–H groups in total. The van der Waals surface area contributed by atoms with E-state index in [0.29, 0.717) is 5.56 Å². The molecule has 4 rings (SSSR count). The van der Waals surface area contributed by atoms with Gasteiger partial charge in [0.25, 0.3) is 0 Å². The molecular weight excluding hydrogens is 383 g/mol. The third-order valence-electron chi connectivity index (χ3n) is 6.11. The minimum absolute atomic E-state index is 0.180. The summed E-state index contributed by atoms with van der Waals surface area (Å²) in [6.07, 6.45) is 6.31. The highest BCUT2D eigenvalue weighted by Crippen LogP contribution is 2.33. The van der Waals surface area contributed by atoms with Crippen molar-refractivity contribution in [2.24, 2.45) is 5.92 Å². The SMILES string of the molecule is CCCCCNc1ccc(-c2cc(C)c(-c3ccc(NCC4CC4)cc3)cc2F)cc1. The molecule has 1 fully saturated rings. The summed E-state index contributed by atoms with van der Waals surface area (Å²) in [5, 5.41) is 6.92. The van der Waals surface area contributed by atoms with Crippen LogP contribution in [0.25, 0.3) is 22.3 Å². The maximum atomic E-state index is 15.1. The molecule has 3 heteroatoms. The Bertz CT molecular complexity index is 989. The van der Waals surface area contributed by atoms with Crippen molar-refractivity contribution < 1.29 is 4.39 Å². The van der Waals surface area contributed by atoms with Crippen molar-refractivity contribution in [1.29, 1.82) is 0 Å². The van der Waals surface area contributed by atoms with Crippen molar-refractivity contribution in [2.45, 2.75) is 46.0 Å². The molecule has 0 spiro atoms. The van der Waals surface area contributed by atoms with Crippen LogP contribution in [-0.2, 0) is 0 Å². The summed E-state index contributed by atoms with van der Waals surface area (Å²) in [4.78, 5) is 0. The highest BCUT2D eigenvalue weighted by molar-refractivity contribution is 5.75. The van der Waals surface area contributed by atoms with Crippen molar-refractivity contribution >= 4 is 11.4 Å². The molecule has 0 saturated heterocycles. The number of halogens is 1. The number of hydrogen-bond donors (Lipinski definition) is 2. The molecule has 162 valence electrons. The minimum atomic E-state index is -0.180.